The molecule has 0 N–H and O–H groups in total. The zero-order chi connectivity index (χ0) is 85.2. The van der Waals surface area contributed by atoms with E-state index in [1.165, 1.54) is 68.3 Å². The minimum Gasteiger partial charge on any atom is -0.473 e. The van der Waals surface area contributed by atoms with Crippen molar-refractivity contribution < 1.29 is 138 Å². The Labute approximate surface area is 711 Å². The fourth-order valence-electron chi connectivity index (χ4n) is 15.1. The van der Waals surface area contributed by atoms with E-state index in [-0.39, 0.29) is 78.5 Å². The van der Waals surface area contributed by atoms with Gasteiger partial charge in [0.25, 0.3) is 29.8 Å². The zero-order valence-corrected chi connectivity index (χ0v) is 78.8. The summed E-state index contributed by atoms with van der Waals surface area (Å²) in [5.41, 5.74) is 0. The molecule has 0 aromatic carbocycles. The van der Waals surface area contributed by atoms with Crippen LogP contribution in [0.3, 0.4) is 0 Å². The van der Waals surface area contributed by atoms with E-state index in [4.69, 9.17) is 114 Å². The largest absolute Gasteiger partial charge is 0.567 e. The van der Waals surface area contributed by atoms with Gasteiger partial charge in [-0.3, -0.25) is 24.0 Å². The molecule has 0 bridgehead atoms. The van der Waals surface area contributed by atoms with E-state index in [1.807, 2.05) is 0 Å². The van der Waals surface area contributed by atoms with Crippen LogP contribution in [-0.2, 0) is 138 Å². The number of ether oxygens (including phenoxy) is 10. The molecule has 684 valence electrons. The standard InChI is InChI=1S/C46H84O18Si3.C37H68O12Si2/c1-8-9-10-14-20-37-23-24-38(21-15-12-11-13-16-22-42(47)62-65(50-2,51-3)28-17-25-56-31-39-34-59-39)44(46(49)64-67(54-6,55-7)30-19-27-58-33-41-36-61-41)43(37)45(48)63-66(52-4,53-5)29-18-26-57-32-40-35-60-40;1-6-7-8-12-17-31-20-21-32(35(26-31)37(39)49-51(42-4,43-5)25-16-23-45-28-34-30-47-34)18-13-10-9-11-14-19-36(38)48-50(40-2,41-3)24-15-22-44-27-33-29-46-33/h23-24,37-41,43-44H,8-22,25-36H2,1-7H3;20-21,31-35H,6-19,22-30H2,1-5H3. The highest BCUT2D eigenvalue weighted by Crippen LogP contribution is 2.44. The average molecular weight is 1770 g/mol. The molecular formula is C83H152O30Si5. The van der Waals surface area contributed by atoms with Crippen LogP contribution >= 0.6 is 0 Å². The van der Waals surface area contributed by atoms with Crippen molar-refractivity contribution in [1.82, 2.24) is 0 Å². The molecule has 0 saturated carbocycles. The van der Waals surface area contributed by atoms with E-state index in [0.717, 1.165) is 123 Å². The molecular weight excluding hydrogens is 1620 g/mol. The summed E-state index contributed by atoms with van der Waals surface area (Å²) in [6.45, 7) is 13.3. The van der Waals surface area contributed by atoms with Gasteiger partial charge < -0.3 is 114 Å². The molecule has 0 aromatic heterocycles. The maximum absolute atomic E-state index is 14.9. The van der Waals surface area contributed by atoms with Gasteiger partial charge in [-0.05, 0) is 101 Å². The van der Waals surface area contributed by atoms with Gasteiger partial charge in [-0.25, -0.2) is 0 Å². The van der Waals surface area contributed by atoms with Crippen molar-refractivity contribution in [3.63, 3.8) is 0 Å². The molecule has 0 amide bonds. The Morgan fingerprint density at radius 2 is 0.551 bits per heavy atom. The van der Waals surface area contributed by atoms with Gasteiger partial charge in [-0.15, -0.1) is 0 Å². The molecule has 5 aliphatic heterocycles. The first-order valence-electron chi connectivity index (χ1n) is 44.3. The first-order chi connectivity index (χ1) is 57.3. The minimum absolute atomic E-state index is 0.121. The Morgan fingerprint density at radius 1 is 0.297 bits per heavy atom. The predicted octanol–water partition coefficient (Wildman–Crippen LogP) is 13.1. The van der Waals surface area contributed by atoms with Crippen LogP contribution in [0.25, 0.3) is 0 Å². The van der Waals surface area contributed by atoms with Gasteiger partial charge in [-0.1, -0.05) is 141 Å². The summed E-state index contributed by atoms with van der Waals surface area (Å²) in [6.07, 6.45) is 35.2. The van der Waals surface area contributed by atoms with Gasteiger partial charge in [0.15, 0.2) is 0 Å². The van der Waals surface area contributed by atoms with Gasteiger partial charge in [0, 0.05) is 147 Å². The Bertz CT molecular complexity index is 2760. The highest BCUT2D eigenvalue weighted by molar-refractivity contribution is 6.64. The lowest BCUT2D eigenvalue weighted by atomic mass is 9.67. The monoisotopic (exact) mass is 1770 g/mol. The van der Waals surface area contributed by atoms with Gasteiger partial charge in [0.2, 0.25) is 0 Å². The average Bonchev–Trinajstić information content (AvgIpc) is 1.42. The summed E-state index contributed by atoms with van der Waals surface area (Å²) in [5.74, 6) is -3.96. The number of epoxide rings is 5. The zero-order valence-electron chi connectivity index (χ0n) is 73.8. The van der Waals surface area contributed by atoms with Crippen LogP contribution in [-0.4, -0.2) is 275 Å². The lowest BCUT2D eigenvalue weighted by Crippen LogP contribution is -2.53. The lowest BCUT2D eigenvalue weighted by Gasteiger charge is -2.40. The third-order valence-electron chi connectivity index (χ3n) is 22.9. The van der Waals surface area contributed by atoms with Crippen LogP contribution in [0, 0.1) is 41.4 Å². The maximum atomic E-state index is 14.9. The fraction of sp³-hybridized carbons (Fsp3) is 0.892. The molecule has 0 radical (unpaired) electrons. The summed E-state index contributed by atoms with van der Waals surface area (Å²) in [5, 5.41) is 0. The van der Waals surface area contributed by atoms with E-state index >= 15 is 0 Å². The third-order valence-corrected chi connectivity index (χ3v) is 36.6. The van der Waals surface area contributed by atoms with E-state index in [9.17, 15) is 24.0 Å². The number of unbranched alkanes of at least 4 members (excludes halogenated alkanes) is 14. The SMILES string of the molecule is CCCCCCC1C=CC(CCCCCCCC(=O)O[Si](CCCOCC2CO2)(OC)OC)C(C(=O)O[Si](CCCOCC2CO2)(OC)OC)C1.CCCCCCC1C=CC(CCCCCCCC(=O)O[Si](CCCOCC2CO2)(OC)OC)C(C(=O)O[Si](CCCOCC2CO2)(OC)OC)C1C(=O)O[Si](CCCOCC1CO1)(OC)OC. The molecule has 5 saturated heterocycles. The molecule has 12 atom stereocenters. The molecule has 12 unspecified atom stereocenters. The van der Waals surface area contributed by atoms with Crippen molar-refractivity contribution in [2.75, 3.05) is 170 Å². The number of carbonyl (C=O) groups excluding carboxylic acids is 5. The van der Waals surface area contributed by atoms with Crippen molar-refractivity contribution in [1.29, 1.82) is 0 Å². The van der Waals surface area contributed by atoms with E-state index in [0.29, 0.717) is 173 Å². The minimum atomic E-state index is -3.55. The molecule has 7 rings (SSSR count). The topological polar surface area (TPSA) is 333 Å². The van der Waals surface area contributed by atoms with Crippen LogP contribution in [0.2, 0.25) is 30.2 Å². The highest BCUT2D eigenvalue weighted by Gasteiger charge is 2.54. The number of carbonyl (C=O) groups is 5. The maximum Gasteiger partial charge on any atom is 0.567 e. The summed E-state index contributed by atoms with van der Waals surface area (Å²) in [6, 6.07) is 2.20. The fourth-order valence-corrected chi connectivity index (χ4v) is 24.5. The summed E-state index contributed by atoms with van der Waals surface area (Å²) in [4.78, 5) is 69.2. The van der Waals surface area contributed by atoms with E-state index < -0.39 is 67.8 Å². The molecule has 118 heavy (non-hydrogen) atoms. The van der Waals surface area contributed by atoms with Crippen molar-refractivity contribution in [3.8, 4) is 0 Å². The molecule has 2 aliphatic carbocycles. The molecule has 35 heteroatoms. The molecule has 0 aromatic rings. The van der Waals surface area contributed by atoms with Gasteiger partial charge in [-0.2, -0.15) is 0 Å². The highest BCUT2D eigenvalue weighted by atomic mass is 28.4. The Morgan fingerprint density at radius 3 is 0.847 bits per heavy atom. The van der Waals surface area contributed by atoms with Crippen molar-refractivity contribution in [3.05, 3.63) is 24.3 Å². The second-order valence-electron chi connectivity index (χ2n) is 32.1. The van der Waals surface area contributed by atoms with Crippen LogP contribution in [0.15, 0.2) is 24.3 Å². The molecule has 5 fully saturated rings. The van der Waals surface area contributed by atoms with E-state index in [1.54, 1.807) is 28.4 Å². The number of hydrogen-bond acceptors (Lipinski definition) is 30. The predicted molar refractivity (Wildman–Crippen MR) is 449 cm³/mol. The van der Waals surface area contributed by atoms with Crippen LogP contribution in [0.4, 0.5) is 0 Å². The second-order valence-corrected chi connectivity index (χ2v) is 46.5. The Kier molecular flexibility index (Phi) is 52.1. The van der Waals surface area contributed by atoms with Crippen molar-refractivity contribution >= 4 is 73.9 Å². The lowest BCUT2D eigenvalue weighted by molar-refractivity contribution is -0.160. The third kappa shape index (κ3) is 41.0. The normalized spacial score (nSPS) is 23.3. The van der Waals surface area contributed by atoms with Gasteiger partial charge >= 0.3 is 44.0 Å². The summed E-state index contributed by atoms with van der Waals surface area (Å²) in [7, 11) is -1.22. The molecule has 0 spiro atoms. The first-order valence-corrected chi connectivity index (χ1v) is 54.0. The molecule has 30 nitrogen and oxygen atoms in total. The smallest absolute Gasteiger partial charge is 0.473 e. The Balaban J connectivity index is 0.000000380. The number of hydrogen-bond donors (Lipinski definition) is 0. The van der Waals surface area contributed by atoms with Gasteiger partial charge in [0.1, 0.15) is 30.5 Å². The Hall–Kier alpha value is -2.89. The summed E-state index contributed by atoms with van der Waals surface area (Å²) < 4.78 is 143. The quantitative estimate of drug-likeness (QED) is 0.0236. The number of allylic oxidation sites excluding steroid dienone is 4. The van der Waals surface area contributed by atoms with Crippen LogP contribution in [0.5, 0.6) is 0 Å². The summed E-state index contributed by atoms with van der Waals surface area (Å²) >= 11 is 0. The molecule has 7 aliphatic rings. The van der Waals surface area contributed by atoms with E-state index in [2.05, 4.69) is 38.2 Å². The first kappa shape index (κ1) is 104. The second kappa shape index (κ2) is 59.1. The number of rotatable bonds is 74. The molecule has 5 heterocycles. The van der Waals surface area contributed by atoms with Crippen LogP contribution < -0.4 is 0 Å². The van der Waals surface area contributed by atoms with Crippen molar-refractivity contribution in [2.24, 2.45) is 41.4 Å². The van der Waals surface area contributed by atoms with Crippen LogP contribution in [0.1, 0.15) is 206 Å². The van der Waals surface area contributed by atoms with Crippen molar-refractivity contribution in [2.45, 2.75) is 267 Å². The van der Waals surface area contributed by atoms with Gasteiger partial charge in [0.05, 0.1) is 83.8 Å².